The quantitative estimate of drug-likeness (QED) is 0.366. The Morgan fingerprint density at radius 1 is 1.03 bits per heavy atom. The van der Waals surface area contributed by atoms with Crippen LogP contribution in [-0.2, 0) is 0 Å². The number of rotatable bonds is 5. The minimum absolute atomic E-state index is 0.00914. The molecule has 0 unspecified atom stereocenters. The number of nitrogens with zero attached hydrogens (tertiary/aromatic N) is 8. The van der Waals surface area contributed by atoms with Crippen LogP contribution in [0.25, 0.3) is 16.7 Å². The van der Waals surface area contributed by atoms with Gasteiger partial charge in [0.1, 0.15) is 17.3 Å². The van der Waals surface area contributed by atoms with E-state index < -0.39 is 5.91 Å². The molecule has 0 saturated carbocycles. The fourth-order valence-electron chi connectivity index (χ4n) is 3.39. The van der Waals surface area contributed by atoms with Crippen molar-refractivity contribution in [2.45, 2.75) is 0 Å². The average Bonchev–Trinajstić information content (AvgIpc) is 3.32. The van der Waals surface area contributed by atoms with E-state index in [0.717, 1.165) is 0 Å². The summed E-state index contributed by atoms with van der Waals surface area (Å²) in [6.45, 7) is 0. The first-order valence-corrected chi connectivity index (χ1v) is 10.3. The Labute approximate surface area is 198 Å². The highest BCUT2D eigenvalue weighted by molar-refractivity contribution is 6.11. The average molecular weight is 461 g/mol. The molecule has 0 aliphatic carbocycles. The van der Waals surface area contributed by atoms with Crippen molar-refractivity contribution >= 4 is 33.9 Å². The number of hydrogen-bond donors (Lipinski definition) is 2. The third-order valence-corrected chi connectivity index (χ3v) is 5.03. The summed E-state index contributed by atoms with van der Waals surface area (Å²) in [5.74, 6) is -0.618. The molecule has 168 valence electrons. The van der Waals surface area contributed by atoms with Crippen molar-refractivity contribution in [1.82, 2.24) is 24.7 Å². The molecule has 3 heterocycles. The number of carbonyl (C=O) groups is 1. The highest BCUT2D eigenvalue weighted by Crippen LogP contribution is 2.40. The zero-order chi connectivity index (χ0) is 24.2. The van der Waals surface area contributed by atoms with Gasteiger partial charge in [-0.1, -0.05) is 24.3 Å². The van der Waals surface area contributed by atoms with Crippen molar-refractivity contribution in [2.75, 3.05) is 5.32 Å². The summed E-state index contributed by atoms with van der Waals surface area (Å²) < 4.78 is 1.27. The molecular formula is C24H15N9O2. The number of fused-ring (bicyclic) bond motifs is 1. The van der Waals surface area contributed by atoms with E-state index >= 15 is 0 Å². The number of aromatic hydroxyl groups is 1. The predicted molar refractivity (Wildman–Crippen MR) is 126 cm³/mol. The summed E-state index contributed by atoms with van der Waals surface area (Å²) in [5.41, 5.74) is 0.728. The SMILES string of the molecule is N#Cc1cnn(-c2ncccn2)c1N=Nc1c(O)c(C(=O)Nc2ccncc2)cc2ccccc12. The van der Waals surface area contributed by atoms with E-state index in [4.69, 9.17) is 0 Å². The molecule has 0 fully saturated rings. The third-order valence-electron chi connectivity index (χ3n) is 5.03. The zero-order valence-corrected chi connectivity index (χ0v) is 17.9. The van der Waals surface area contributed by atoms with Gasteiger partial charge in [-0.2, -0.15) is 15.0 Å². The number of hydrogen-bond acceptors (Lipinski definition) is 9. The molecule has 1 amide bonds. The van der Waals surface area contributed by atoms with Crippen LogP contribution in [-0.4, -0.2) is 35.7 Å². The Morgan fingerprint density at radius 3 is 2.57 bits per heavy atom. The standard InChI is InChI=1S/C24H15N9O2/c25-13-16-14-29-33(24-27-8-3-9-28-24)22(16)32-31-20-18-5-2-1-4-15(18)12-19(21(20)34)23(35)30-17-6-10-26-11-7-17/h1-12,14,34H,(H,26,30,35). The van der Waals surface area contributed by atoms with Crippen molar-refractivity contribution in [3.05, 3.63) is 90.6 Å². The van der Waals surface area contributed by atoms with Crippen LogP contribution in [0, 0.1) is 11.3 Å². The van der Waals surface area contributed by atoms with Crippen LogP contribution in [0.15, 0.2) is 89.7 Å². The van der Waals surface area contributed by atoms with Gasteiger partial charge < -0.3 is 10.4 Å². The first-order chi connectivity index (χ1) is 17.2. The maximum absolute atomic E-state index is 13.0. The lowest BCUT2D eigenvalue weighted by Crippen LogP contribution is -2.12. The smallest absolute Gasteiger partial charge is 0.259 e. The molecule has 0 atom stereocenters. The number of azo groups is 1. The van der Waals surface area contributed by atoms with E-state index in [9.17, 15) is 15.2 Å². The molecule has 0 radical (unpaired) electrons. The normalized spacial score (nSPS) is 10.9. The highest BCUT2D eigenvalue weighted by atomic mass is 16.3. The Morgan fingerprint density at radius 2 is 1.80 bits per heavy atom. The van der Waals surface area contributed by atoms with Crippen LogP contribution < -0.4 is 5.32 Å². The number of phenols is 1. The Kier molecular flexibility index (Phi) is 5.59. The molecule has 0 aliphatic rings. The second-order valence-electron chi connectivity index (χ2n) is 7.19. The van der Waals surface area contributed by atoms with Gasteiger partial charge in [0.25, 0.3) is 11.9 Å². The summed E-state index contributed by atoms with van der Waals surface area (Å²) >= 11 is 0. The van der Waals surface area contributed by atoms with Gasteiger partial charge >= 0.3 is 0 Å². The number of pyridine rings is 1. The predicted octanol–water partition coefficient (Wildman–Crippen LogP) is 4.46. The number of phenolic OH excluding ortho intramolecular Hbond substituents is 1. The lowest BCUT2D eigenvalue weighted by atomic mass is 10.0. The van der Waals surface area contributed by atoms with E-state index in [1.807, 2.05) is 6.07 Å². The number of anilines is 1. The number of nitriles is 1. The largest absolute Gasteiger partial charge is 0.505 e. The molecule has 0 bridgehead atoms. The molecule has 5 aromatic rings. The molecule has 5 rings (SSSR count). The molecule has 0 spiro atoms. The molecule has 35 heavy (non-hydrogen) atoms. The van der Waals surface area contributed by atoms with E-state index in [1.165, 1.54) is 23.3 Å². The first kappa shape index (κ1) is 21.4. The van der Waals surface area contributed by atoms with Crippen LogP contribution in [0.3, 0.4) is 0 Å². The molecule has 0 aliphatic heterocycles. The fourth-order valence-corrected chi connectivity index (χ4v) is 3.39. The van der Waals surface area contributed by atoms with Crippen molar-refractivity contribution < 1.29 is 9.90 Å². The van der Waals surface area contributed by atoms with Gasteiger partial charge in [0.2, 0.25) is 0 Å². The second-order valence-corrected chi connectivity index (χ2v) is 7.19. The van der Waals surface area contributed by atoms with Crippen LogP contribution in [0.5, 0.6) is 5.75 Å². The summed E-state index contributed by atoms with van der Waals surface area (Å²) in [4.78, 5) is 25.1. The van der Waals surface area contributed by atoms with Crippen LogP contribution in [0.2, 0.25) is 0 Å². The lowest BCUT2D eigenvalue weighted by molar-refractivity contribution is 0.102. The Hall–Kier alpha value is -5.50. The van der Waals surface area contributed by atoms with E-state index in [0.29, 0.717) is 16.5 Å². The number of benzene rings is 2. The summed E-state index contributed by atoms with van der Waals surface area (Å²) in [6.07, 6.45) is 7.47. The van der Waals surface area contributed by atoms with Gasteiger partial charge in [-0.25, -0.2) is 9.97 Å². The van der Waals surface area contributed by atoms with Crippen LogP contribution in [0.1, 0.15) is 15.9 Å². The lowest BCUT2D eigenvalue weighted by Gasteiger charge is -2.11. The molecule has 11 nitrogen and oxygen atoms in total. The third kappa shape index (κ3) is 4.14. The van der Waals surface area contributed by atoms with Gasteiger partial charge in [0.15, 0.2) is 11.6 Å². The number of nitrogens with one attached hydrogen (secondary N) is 1. The van der Waals surface area contributed by atoms with Crippen molar-refractivity contribution in [3.8, 4) is 17.8 Å². The number of amides is 1. The minimum Gasteiger partial charge on any atom is -0.505 e. The topological polar surface area (TPSA) is 154 Å². The monoisotopic (exact) mass is 461 g/mol. The van der Waals surface area contributed by atoms with E-state index in [-0.39, 0.29) is 34.3 Å². The number of carbonyl (C=O) groups excluding carboxylic acids is 1. The maximum Gasteiger partial charge on any atom is 0.259 e. The van der Waals surface area contributed by atoms with Crippen molar-refractivity contribution in [2.24, 2.45) is 10.2 Å². The van der Waals surface area contributed by atoms with E-state index in [1.54, 1.807) is 60.9 Å². The summed E-state index contributed by atoms with van der Waals surface area (Å²) in [7, 11) is 0. The van der Waals surface area contributed by atoms with Gasteiger partial charge in [0.05, 0.1) is 11.8 Å². The van der Waals surface area contributed by atoms with Gasteiger partial charge in [-0.15, -0.1) is 10.2 Å². The Bertz CT molecular complexity index is 1610. The molecule has 2 N–H and O–H groups in total. The van der Waals surface area contributed by atoms with Crippen LogP contribution >= 0.6 is 0 Å². The van der Waals surface area contributed by atoms with Crippen molar-refractivity contribution in [3.63, 3.8) is 0 Å². The van der Waals surface area contributed by atoms with Gasteiger partial charge in [-0.05, 0) is 29.7 Å². The number of aromatic nitrogens is 5. The summed E-state index contributed by atoms with van der Waals surface area (Å²) in [5, 5.41) is 37.1. The molecule has 3 aromatic heterocycles. The minimum atomic E-state index is -0.531. The second kappa shape index (κ2) is 9.16. The van der Waals surface area contributed by atoms with E-state index in [2.05, 4.69) is 35.6 Å². The molecule has 11 heteroatoms. The van der Waals surface area contributed by atoms with Crippen LogP contribution in [0.4, 0.5) is 17.2 Å². The zero-order valence-electron chi connectivity index (χ0n) is 17.9. The molecular weight excluding hydrogens is 446 g/mol. The van der Waals surface area contributed by atoms with Gasteiger partial charge in [0, 0.05) is 35.9 Å². The molecule has 2 aromatic carbocycles. The van der Waals surface area contributed by atoms with Crippen molar-refractivity contribution in [1.29, 1.82) is 5.26 Å². The fraction of sp³-hybridized carbons (Fsp3) is 0. The molecule has 0 saturated heterocycles. The maximum atomic E-state index is 13.0. The highest BCUT2D eigenvalue weighted by Gasteiger charge is 2.20. The van der Waals surface area contributed by atoms with Gasteiger partial charge in [-0.3, -0.25) is 9.78 Å². The summed E-state index contributed by atoms with van der Waals surface area (Å²) in [6, 6.07) is 15.6. The first-order valence-electron chi connectivity index (χ1n) is 10.3. The Balaban J connectivity index is 1.61.